The Bertz CT molecular complexity index is 639. The van der Waals surface area contributed by atoms with Gasteiger partial charge in [0.25, 0.3) is 0 Å². The molecule has 12 heteroatoms. The second-order valence-corrected chi connectivity index (χ2v) is 8.24. The topological polar surface area (TPSA) is 121 Å². The summed E-state index contributed by atoms with van der Waals surface area (Å²) in [6, 6.07) is 0. The number of amides is 1. The fourth-order valence-corrected chi connectivity index (χ4v) is 4.60. The van der Waals surface area contributed by atoms with E-state index in [1.165, 1.54) is 0 Å². The molecule has 0 aromatic heterocycles. The number of ether oxygens (including phenoxy) is 10. The van der Waals surface area contributed by atoms with E-state index in [0.717, 1.165) is 6.08 Å². The molecule has 2 fully saturated rings. The minimum absolute atomic E-state index is 0.0242. The fourth-order valence-electron chi connectivity index (χ4n) is 4.60. The maximum absolute atomic E-state index is 11.4. The highest BCUT2D eigenvalue weighted by Crippen LogP contribution is 2.33. The van der Waals surface area contributed by atoms with Crippen molar-refractivity contribution in [2.45, 2.75) is 68.1 Å². The Morgan fingerprint density at radius 1 is 0.800 bits per heavy atom. The van der Waals surface area contributed by atoms with Crippen molar-refractivity contribution in [1.29, 1.82) is 0 Å². The molecular weight excluding hydrogens is 466 g/mol. The first-order valence-corrected chi connectivity index (χ1v) is 11.5. The summed E-state index contributed by atoms with van der Waals surface area (Å²) in [6.07, 6.45) is -4.15. The molecule has 1 N–H and O–H groups in total. The maximum Gasteiger partial charge on any atom is 0.245 e. The van der Waals surface area contributed by atoms with Gasteiger partial charge in [0.15, 0.2) is 6.29 Å². The van der Waals surface area contributed by atoms with Crippen LogP contribution in [-0.2, 0) is 52.2 Å². The van der Waals surface area contributed by atoms with Crippen molar-refractivity contribution in [3.8, 4) is 0 Å². The van der Waals surface area contributed by atoms with Crippen molar-refractivity contribution < 1.29 is 52.2 Å². The number of nitrogens with one attached hydrogen (secondary N) is 1. The Hall–Kier alpha value is -1.19. The first kappa shape index (κ1) is 30.0. The molecule has 10 atom stereocenters. The predicted octanol–water partition coefficient (Wildman–Crippen LogP) is -0.118. The third-order valence-corrected chi connectivity index (χ3v) is 6.26. The molecule has 2 saturated heterocycles. The van der Waals surface area contributed by atoms with Gasteiger partial charge in [-0.2, -0.15) is 0 Å². The third-order valence-electron chi connectivity index (χ3n) is 6.26. The molecule has 0 spiro atoms. The molecule has 2 heterocycles. The Morgan fingerprint density at radius 3 is 1.91 bits per heavy atom. The van der Waals surface area contributed by atoms with Gasteiger partial charge in [-0.25, -0.2) is 0 Å². The first-order valence-electron chi connectivity index (χ1n) is 11.5. The highest BCUT2D eigenvalue weighted by molar-refractivity contribution is 5.86. The van der Waals surface area contributed by atoms with Gasteiger partial charge in [0.2, 0.25) is 5.91 Å². The number of carbonyl (C=O) groups is 1. The van der Waals surface area contributed by atoms with Crippen LogP contribution in [0.5, 0.6) is 0 Å². The minimum Gasteiger partial charge on any atom is -0.382 e. The second kappa shape index (κ2) is 15.2. The Balaban J connectivity index is 2.24. The molecule has 2 aliphatic rings. The smallest absolute Gasteiger partial charge is 0.245 e. The summed E-state index contributed by atoms with van der Waals surface area (Å²) in [5, 5.41) is 2.55. The molecule has 0 aromatic rings. The molecule has 2 rings (SSSR count). The van der Waals surface area contributed by atoms with Gasteiger partial charge in [-0.15, -0.1) is 0 Å². The quantitative estimate of drug-likeness (QED) is 0.192. The molecule has 0 radical (unpaired) electrons. The lowest BCUT2D eigenvalue weighted by Gasteiger charge is -2.49. The van der Waals surface area contributed by atoms with Gasteiger partial charge in [0.1, 0.15) is 55.6 Å². The van der Waals surface area contributed by atoms with E-state index >= 15 is 0 Å². The summed E-state index contributed by atoms with van der Waals surface area (Å²) in [5.41, 5.74) is 0. The molecule has 2 aliphatic heterocycles. The number of methoxy groups -OCH3 is 6. The van der Waals surface area contributed by atoms with Gasteiger partial charge < -0.3 is 52.7 Å². The predicted molar refractivity (Wildman–Crippen MR) is 123 cm³/mol. The highest BCUT2D eigenvalue weighted by Gasteiger charge is 2.52. The normalized spacial score (nSPS) is 37.7. The van der Waals surface area contributed by atoms with Crippen LogP contribution in [0.1, 0.15) is 6.92 Å². The van der Waals surface area contributed by atoms with Crippen LogP contribution in [0.2, 0.25) is 0 Å². The van der Waals surface area contributed by atoms with E-state index < -0.39 is 49.0 Å². The molecule has 10 unspecified atom stereocenters. The molecular formula is C23H41NO11. The van der Waals surface area contributed by atoms with Gasteiger partial charge >= 0.3 is 0 Å². The molecule has 1 amide bonds. The van der Waals surface area contributed by atoms with Crippen LogP contribution >= 0.6 is 0 Å². The van der Waals surface area contributed by atoms with E-state index in [1.54, 1.807) is 42.7 Å². The molecule has 12 nitrogen and oxygen atoms in total. The lowest BCUT2D eigenvalue weighted by molar-refractivity contribution is -0.351. The van der Waals surface area contributed by atoms with Crippen LogP contribution in [0.3, 0.4) is 0 Å². The Morgan fingerprint density at radius 2 is 1.37 bits per heavy atom. The van der Waals surface area contributed by atoms with E-state index in [-0.39, 0.29) is 38.1 Å². The molecule has 204 valence electrons. The first-order chi connectivity index (χ1) is 16.9. The van der Waals surface area contributed by atoms with Crippen LogP contribution in [-0.4, -0.2) is 130 Å². The average molecular weight is 508 g/mol. The zero-order valence-electron chi connectivity index (χ0n) is 21.7. The van der Waals surface area contributed by atoms with Crippen LogP contribution in [0.15, 0.2) is 12.7 Å². The largest absolute Gasteiger partial charge is 0.382 e. The van der Waals surface area contributed by atoms with Gasteiger partial charge in [0, 0.05) is 42.7 Å². The molecule has 0 bridgehead atoms. The van der Waals surface area contributed by atoms with Gasteiger partial charge in [-0.1, -0.05) is 6.58 Å². The van der Waals surface area contributed by atoms with E-state index in [9.17, 15) is 4.79 Å². The van der Waals surface area contributed by atoms with Crippen molar-refractivity contribution in [3.63, 3.8) is 0 Å². The second-order valence-electron chi connectivity index (χ2n) is 8.24. The standard InChI is InChI=1S/C23H41NO11/c1-9-16(25)24-12-32-11-15-18(28-5)21(30-7)22(31-8)23(34-15)35-19-14(10-26-3)33-13(2)17(27-4)20(19)29-6/h9,13-15,17-23H,1,10-12H2,2-8H3,(H,24,25). The summed E-state index contributed by atoms with van der Waals surface area (Å²) in [7, 11) is 9.44. The molecule has 0 aliphatic carbocycles. The summed E-state index contributed by atoms with van der Waals surface area (Å²) < 4.78 is 58.4. The molecule has 35 heavy (non-hydrogen) atoms. The zero-order chi connectivity index (χ0) is 26.0. The minimum atomic E-state index is -0.885. The number of hydrogen-bond acceptors (Lipinski definition) is 11. The lowest BCUT2D eigenvalue weighted by atomic mass is 9.94. The van der Waals surface area contributed by atoms with Crippen molar-refractivity contribution in [3.05, 3.63) is 12.7 Å². The average Bonchev–Trinajstić information content (AvgIpc) is 2.86. The van der Waals surface area contributed by atoms with E-state index in [4.69, 9.17) is 47.4 Å². The molecule has 0 saturated carbocycles. The van der Waals surface area contributed by atoms with Crippen molar-refractivity contribution >= 4 is 5.91 Å². The number of hydrogen-bond donors (Lipinski definition) is 1. The van der Waals surface area contributed by atoms with Crippen LogP contribution in [0, 0.1) is 0 Å². The summed E-state index contributed by atoms with van der Waals surface area (Å²) in [4.78, 5) is 11.4. The van der Waals surface area contributed by atoms with Gasteiger partial charge in [-0.05, 0) is 13.0 Å². The van der Waals surface area contributed by atoms with Gasteiger partial charge in [-0.3, -0.25) is 4.79 Å². The van der Waals surface area contributed by atoms with E-state index in [2.05, 4.69) is 11.9 Å². The summed E-state index contributed by atoms with van der Waals surface area (Å²) in [6.45, 7) is 5.67. The van der Waals surface area contributed by atoms with Crippen LogP contribution in [0.25, 0.3) is 0 Å². The zero-order valence-corrected chi connectivity index (χ0v) is 21.7. The fraction of sp³-hybridized carbons (Fsp3) is 0.870. The van der Waals surface area contributed by atoms with Crippen LogP contribution in [0.4, 0.5) is 0 Å². The number of carbonyl (C=O) groups excluding carboxylic acids is 1. The van der Waals surface area contributed by atoms with Crippen molar-refractivity contribution in [2.75, 3.05) is 62.6 Å². The Labute approximate surface area is 207 Å². The third kappa shape index (κ3) is 7.41. The Kier molecular flexibility index (Phi) is 13.0. The van der Waals surface area contributed by atoms with Crippen molar-refractivity contribution in [2.24, 2.45) is 0 Å². The van der Waals surface area contributed by atoms with Crippen molar-refractivity contribution in [1.82, 2.24) is 5.32 Å². The lowest BCUT2D eigenvalue weighted by Crippen LogP contribution is -2.65. The van der Waals surface area contributed by atoms with E-state index in [0.29, 0.717) is 0 Å². The summed E-state index contributed by atoms with van der Waals surface area (Å²) >= 11 is 0. The SMILES string of the molecule is C=CC(=O)NCOCC1OC(OC2C(COC)OC(C)C(OC)C2OC)C(OC)C(OC)C1OC. The van der Waals surface area contributed by atoms with E-state index in [1.807, 2.05) is 6.92 Å². The highest BCUT2D eigenvalue weighted by atomic mass is 16.7. The van der Waals surface area contributed by atoms with Gasteiger partial charge in [0.05, 0.1) is 19.3 Å². The number of rotatable bonds is 14. The van der Waals surface area contributed by atoms with Crippen LogP contribution < -0.4 is 5.32 Å². The summed E-state index contributed by atoms with van der Waals surface area (Å²) in [5.74, 6) is -0.345. The monoisotopic (exact) mass is 507 g/mol. The maximum atomic E-state index is 11.4. The molecule has 0 aromatic carbocycles.